The third kappa shape index (κ3) is 0.805. The monoisotopic (exact) mass is 145 g/mol. The van der Waals surface area contributed by atoms with Crippen LogP contribution in [0.5, 0.6) is 0 Å². The normalized spacial score (nSPS) is 21.5. The van der Waals surface area contributed by atoms with Gasteiger partial charge in [0.05, 0.1) is 5.71 Å². The van der Waals surface area contributed by atoms with Crippen LogP contribution in [0.4, 0.5) is 0 Å². The molecule has 0 radical (unpaired) electrons. The molecule has 0 fully saturated rings. The van der Waals surface area contributed by atoms with Crippen molar-refractivity contribution in [3.8, 4) is 0 Å². The molecule has 0 spiro atoms. The van der Waals surface area contributed by atoms with Crippen LogP contribution >= 0.6 is 0 Å². The number of fused-ring (bicyclic) bond motifs is 1. The Bertz CT molecular complexity index is 338. The van der Waals surface area contributed by atoms with E-state index in [4.69, 9.17) is 0 Å². The van der Waals surface area contributed by atoms with E-state index in [0.29, 0.717) is 0 Å². The molecular weight excluding hydrogens is 134 g/mol. The fourth-order valence-corrected chi connectivity index (χ4v) is 1.50. The molecule has 0 saturated carbocycles. The van der Waals surface area contributed by atoms with E-state index in [1.807, 2.05) is 6.92 Å². The maximum absolute atomic E-state index is 4.39. The lowest BCUT2D eigenvalue weighted by Gasteiger charge is -1.93. The third-order valence-corrected chi connectivity index (χ3v) is 2.27. The van der Waals surface area contributed by atoms with E-state index in [2.05, 4.69) is 31.0 Å². The second kappa shape index (κ2) is 1.94. The van der Waals surface area contributed by atoms with Gasteiger partial charge < -0.3 is 0 Å². The first-order valence-electron chi connectivity index (χ1n) is 3.85. The number of hydrogen-bond donors (Lipinski definition) is 0. The van der Waals surface area contributed by atoms with Crippen LogP contribution in [0.2, 0.25) is 0 Å². The van der Waals surface area contributed by atoms with Crippen molar-refractivity contribution in [1.29, 1.82) is 0 Å². The zero-order valence-corrected chi connectivity index (χ0v) is 7.10. The van der Waals surface area contributed by atoms with Crippen LogP contribution in [0, 0.1) is 0 Å². The third-order valence-electron chi connectivity index (χ3n) is 2.27. The van der Waals surface area contributed by atoms with Crippen LogP contribution in [0.15, 0.2) is 39.6 Å². The van der Waals surface area contributed by atoms with Gasteiger partial charge in [0.25, 0.3) is 0 Å². The maximum atomic E-state index is 4.39. The van der Waals surface area contributed by atoms with Gasteiger partial charge in [-0.3, -0.25) is 4.99 Å². The van der Waals surface area contributed by atoms with Crippen LogP contribution in [-0.2, 0) is 0 Å². The molecule has 1 heteroatoms. The summed E-state index contributed by atoms with van der Waals surface area (Å²) in [5.74, 6) is 0. The lowest BCUT2D eigenvalue weighted by Crippen LogP contribution is -1.86. The van der Waals surface area contributed by atoms with E-state index in [1.165, 1.54) is 16.7 Å². The van der Waals surface area contributed by atoms with Gasteiger partial charge >= 0.3 is 0 Å². The van der Waals surface area contributed by atoms with Crippen LogP contribution in [-0.4, -0.2) is 5.71 Å². The summed E-state index contributed by atoms with van der Waals surface area (Å²) < 4.78 is 0. The van der Waals surface area contributed by atoms with Gasteiger partial charge in [-0.15, -0.1) is 0 Å². The summed E-state index contributed by atoms with van der Waals surface area (Å²) in [6, 6.07) is 0. The Morgan fingerprint density at radius 2 is 1.82 bits per heavy atom. The summed E-state index contributed by atoms with van der Waals surface area (Å²) in [6.07, 6.45) is 4.30. The Kier molecular flexibility index (Phi) is 1.16. The van der Waals surface area contributed by atoms with Gasteiger partial charge in [-0.1, -0.05) is 0 Å². The SMILES string of the molecule is CC1=CC2=C(C)C(C)=CC2=N1. The first-order chi connectivity index (χ1) is 5.18. The molecule has 1 heterocycles. The molecule has 2 aliphatic rings. The van der Waals surface area contributed by atoms with Crippen LogP contribution < -0.4 is 0 Å². The van der Waals surface area contributed by atoms with Crippen molar-refractivity contribution >= 4 is 5.71 Å². The van der Waals surface area contributed by atoms with Gasteiger partial charge in [-0.2, -0.15) is 0 Å². The summed E-state index contributed by atoms with van der Waals surface area (Å²) >= 11 is 0. The molecule has 0 aromatic rings. The van der Waals surface area contributed by atoms with Crippen LogP contribution in [0.25, 0.3) is 0 Å². The fourth-order valence-electron chi connectivity index (χ4n) is 1.50. The zero-order chi connectivity index (χ0) is 8.01. The van der Waals surface area contributed by atoms with E-state index in [9.17, 15) is 0 Å². The van der Waals surface area contributed by atoms with E-state index >= 15 is 0 Å². The highest BCUT2D eigenvalue weighted by atomic mass is 14.8. The molecule has 0 saturated heterocycles. The van der Waals surface area contributed by atoms with Crippen molar-refractivity contribution in [2.75, 3.05) is 0 Å². The van der Waals surface area contributed by atoms with Gasteiger partial charge in [0.1, 0.15) is 0 Å². The minimum absolute atomic E-state index is 1.12. The molecule has 56 valence electrons. The largest absolute Gasteiger partial charge is 0.253 e. The second-order valence-electron chi connectivity index (χ2n) is 3.15. The average molecular weight is 145 g/mol. The second-order valence-corrected chi connectivity index (χ2v) is 3.15. The van der Waals surface area contributed by atoms with Crippen molar-refractivity contribution < 1.29 is 0 Å². The Balaban J connectivity index is 2.58. The number of hydrogen-bond acceptors (Lipinski definition) is 1. The summed E-state index contributed by atoms with van der Waals surface area (Å²) in [7, 11) is 0. The molecule has 0 atom stereocenters. The molecular formula is C10H11N. The van der Waals surface area contributed by atoms with Gasteiger partial charge in [-0.05, 0) is 44.1 Å². The van der Waals surface area contributed by atoms with E-state index in [1.54, 1.807) is 0 Å². The Labute approximate surface area is 66.8 Å². The predicted octanol–water partition coefficient (Wildman–Crippen LogP) is 2.62. The number of allylic oxidation sites excluding steroid dienone is 6. The highest BCUT2D eigenvalue weighted by molar-refractivity contribution is 6.16. The van der Waals surface area contributed by atoms with Crippen LogP contribution in [0.1, 0.15) is 20.8 Å². The molecule has 1 aliphatic carbocycles. The Hall–Kier alpha value is -1.11. The Morgan fingerprint density at radius 1 is 1.09 bits per heavy atom. The van der Waals surface area contributed by atoms with Gasteiger partial charge in [-0.25, -0.2) is 0 Å². The molecule has 1 nitrogen and oxygen atoms in total. The predicted molar refractivity (Wildman–Crippen MR) is 47.6 cm³/mol. The molecule has 0 aromatic carbocycles. The molecule has 0 N–H and O–H groups in total. The summed E-state index contributed by atoms with van der Waals surface area (Å²) in [5, 5.41) is 0. The van der Waals surface area contributed by atoms with E-state index in [-0.39, 0.29) is 0 Å². The fraction of sp³-hybridized carbons (Fsp3) is 0.300. The molecule has 1 aliphatic heterocycles. The quantitative estimate of drug-likeness (QED) is 0.497. The summed E-state index contributed by atoms with van der Waals surface area (Å²) in [5.41, 5.74) is 6.32. The van der Waals surface area contributed by atoms with Crippen molar-refractivity contribution in [1.82, 2.24) is 0 Å². The van der Waals surface area contributed by atoms with Crippen molar-refractivity contribution in [2.24, 2.45) is 4.99 Å². The van der Waals surface area contributed by atoms with Crippen molar-refractivity contribution in [3.05, 3.63) is 34.6 Å². The van der Waals surface area contributed by atoms with E-state index < -0.39 is 0 Å². The average Bonchev–Trinajstić information content (AvgIpc) is 2.37. The first kappa shape index (κ1) is 6.59. The highest BCUT2D eigenvalue weighted by Gasteiger charge is 2.18. The van der Waals surface area contributed by atoms with E-state index in [0.717, 1.165) is 11.4 Å². The van der Waals surface area contributed by atoms with Crippen molar-refractivity contribution in [3.63, 3.8) is 0 Å². The lowest BCUT2D eigenvalue weighted by molar-refractivity contribution is 1.32. The standard InChI is InChI=1S/C10H11N/c1-6-4-10-9(8(6)3)5-7(2)11-10/h4-5H,1-3H3. The highest BCUT2D eigenvalue weighted by Crippen LogP contribution is 2.29. The topological polar surface area (TPSA) is 12.4 Å². The minimum Gasteiger partial charge on any atom is -0.253 e. The zero-order valence-electron chi connectivity index (χ0n) is 7.10. The lowest BCUT2D eigenvalue weighted by atomic mass is 10.1. The first-order valence-corrected chi connectivity index (χ1v) is 3.85. The molecule has 0 amide bonds. The van der Waals surface area contributed by atoms with Crippen molar-refractivity contribution in [2.45, 2.75) is 20.8 Å². The number of aliphatic imine (C=N–C) groups is 1. The maximum Gasteiger partial charge on any atom is 0.0711 e. The van der Waals surface area contributed by atoms with Gasteiger partial charge in [0.15, 0.2) is 0 Å². The molecule has 0 bridgehead atoms. The molecule has 11 heavy (non-hydrogen) atoms. The molecule has 0 unspecified atom stereocenters. The smallest absolute Gasteiger partial charge is 0.0711 e. The molecule has 2 rings (SSSR count). The number of rotatable bonds is 0. The molecule has 0 aromatic heterocycles. The summed E-state index contributed by atoms with van der Waals surface area (Å²) in [4.78, 5) is 4.39. The summed E-state index contributed by atoms with van der Waals surface area (Å²) in [6.45, 7) is 6.32. The van der Waals surface area contributed by atoms with Gasteiger partial charge in [0.2, 0.25) is 0 Å². The van der Waals surface area contributed by atoms with Gasteiger partial charge in [0, 0.05) is 11.3 Å². The number of nitrogens with zero attached hydrogens (tertiary/aromatic N) is 1. The minimum atomic E-state index is 1.12. The van der Waals surface area contributed by atoms with Crippen LogP contribution in [0.3, 0.4) is 0 Å². The Morgan fingerprint density at radius 3 is 2.45 bits per heavy atom.